The maximum Gasteiger partial charge on any atom is 0.416 e. The summed E-state index contributed by atoms with van der Waals surface area (Å²) in [7, 11) is 0. The van der Waals surface area contributed by atoms with Crippen molar-refractivity contribution in [2.75, 3.05) is 6.54 Å². The average molecular weight is 259 g/mol. The predicted octanol–water partition coefficient (Wildman–Crippen LogP) is 4.40. The SMILES string of the molecule is CC(C)CCNC(C)c1ccccc1C(F)(F)F. The molecule has 0 fully saturated rings. The average Bonchev–Trinajstić information content (AvgIpc) is 2.27. The van der Waals surface area contributed by atoms with Gasteiger partial charge in [-0.15, -0.1) is 0 Å². The van der Waals surface area contributed by atoms with Crippen molar-refractivity contribution in [2.24, 2.45) is 5.92 Å². The molecule has 0 heterocycles. The van der Waals surface area contributed by atoms with E-state index in [9.17, 15) is 13.2 Å². The summed E-state index contributed by atoms with van der Waals surface area (Å²) in [5, 5.41) is 3.14. The summed E-state index contributed by atoms with van der Waals surface area (Å²) >= 11 is 0. The van der Waals surface area contributed by atoms with E-state index in [-0.39, 0.29) is 6.04 Å². The van der Waals surface area contributed by atoms with Gasteiger partial charge in [-0.05, 0) is 37.4 Å². The van der Waals surface area contributed by atoms with Gasteiger partial charge in [-0.3, -0.25) is 0 Å². The Morgan fingerprint density at radius 2 is 1.72 bits per heavy atom. The molecular weight excluding hydrogens is 239 g/mol. The molecule has 18 heavy (non-hydrogen) atoms. The Morgan fingerprint density at radius 3 is 2.28 bits per heavy atom. The smallest absolute Gasteiger partial charge is 0.310 e. The molecule has 1 atom stereocenters. The molecule has 102 valence electrons. The van der Waals surface area contributed by atoms with Gasteiger partial charge >= 0.3 is 6.18 Å². The van der Waals surface area contributed by atoms with Crippen LogP contribution in [0.2, 0.25) is 0 Å². The molecule has 1 aromatic carbocycles. The number of nitrogens with one attached hydrogen (secondary N) is 1. The summed E-state index contributed by atoms with van der Waals surface area (Å²) in [6.45, 7) is 6.68. The molecule has 0 aliphatic carbocycles. The van der Waals surface area contributed by atoms with Crippen LogP contribution in [0.4, 0.5) is 13.2 Å². The third kappa shape index (κ3) is 4.33. The highest BCUT2D eigenvalue weighted by atomic mass is 19.4. The summed E-state index contributed by atoms with van der Waals surface area (Å²) in [4.78, 5) is 0. The Morgan fingerprint density at radius 1 is 1.11 bits per heavy atom. The van der Waals surface area contributed by atoms with Crippen molar-refractivity contribution < 1.29 is 13.2 Å². The fraction of sp³-hybridized carbons (Fsp3) is 0.571. The van der Waals surface area contributed by atoms with E-state index < -0.39 is 11.7 Å². The summed E-state index contributed by atoms with van der Waals surface area (Å²) in [6, 6.07) is 5.45. The molecule has 0 bridgehead atoms. The molecule has 1 unspecified atom stereocenters. The van der Waals surface area contributed by atoms with E-state index in [0.29, 0.717) is 11.5 Å². The van der Waals surface area contributed by atoms with Crippen LogP contribution in [0, 0.1) is 5.92 Å². The van der Waals surface area contributed by atoms with Crippen LogP contribution in [0.3, 0.4) is 0 Å². The molecule has 0 amide bonds. The van der Waals surface area contributed by atoms with Gasteiger partial charge in [0.2, 0.25) is 0 Å². The van der Waals surface area contributed by atoms with Crippen molar-refractivity contribution in [1.29, 1.82) is 0 Å². The van der Waals surface area contributed by atoms with E-state index in [0.717, 1.165) is 19.0 Å². The topological polar surface area (TPSA) is 12.0 Å². The minimum atomic E-state index is -4.29. The summed E-state index contributed by atoms with van der Waals surface area (Å²) < 4.78 is 38.5. The maximum atomic E-state index is 12.8. The quantitative estimate of drug-likeness (QED) is 0.826. The molecule has 0 aromatic heterocycles. The first-order chi connectivity index (χ1) is 8.32. The van der Waals surface area contributed by atoms with Gasteiger partial charge in [0, 0.05) is 6.04 Å². The molecule has 0 aliphatic rings. The minimum Gasteiger partial charge on any atom is -0.310 e. The molecular formula is C14H20F3N. The number of rotatable bonds is 5. The van der Waals surface area contributed by atoms with Crippen molar-refractivity contribution in [3.8, 4) is 0 Å². The molecule has 0 aliphatic heterocycles. The fourth-order valence-electron chi connectivity index (χ4n) is 1.83. The lowest BCUT2D eigenvalue weighted by molar-refractivity contribution is -0.138. The highest BCUT2D eigenvalue weighted by Gasteiger charge is 2.33. The lowest BCUT2D eigenvalue weighted by Gasteiger charge is -2.20. The monoisotopic (exact) mass is 259 g/mol. The normalized spacial score (nSPS) is 13.9. The fourth-order valence-corrected chi connectivity index (χ4v) is 1.83. The Hall–Kier alpha value is -1.03. The molecule has 1 rings (SSSR count). The zero-order valence-electron chi connectivity index (χ0n) is 11.0. The van der Waals surface area contributed by atoms with Crippen LogP contribution in [0.15, 0.2) is 24.3 Å². The van der Waals surface area contributed by atoms with Crippen LogP contribution in [0.25, 0.3) is 0 Å². The van der Waals surface area contributed by atoms with Crippen molar-refractivity contribution in [3.05, 3.63) is 35.4 Å². The lowest BCUT2D eigenvalue weighted by Crippen LogP contribution is -2.23. The molecule has 1 N–H and O–H groups in total. The second-order valence-electron chi connectivity index (χ2n) is 4.94. The highest BCUT2D eigenvalue weighted by molar-refractivity contribution is 5.31. The molecule has 1 aromatic rings. The van der Waals surface area contributed by atoms with E-state index in [1.807, 2.05) is 0 Å². The van der Waals surface area contributed by atoms with Crippen LogP contribution in [0.5, 0.6) is 0 Å². The summed E-state index contributed by atoms with van der Waals surface area (Å²) in [5.41, 5.74) is -0.233. The van der Waals surface area contributed by atoms with E-state index in [2.05, 4.69) is 19.2 Å². The van der Waals surface area contributed by atoms with Gasteiger partial charge < -0.3 is 5.32 Å². The number of alkyl halides is 3. The van der Waals surface area contributed by atoms with Gasteiger partial charge in [0.1, 0.15) is 0 Å². The Bertz CT molecular complexity index is 372. The Kier molecular flexibility index (Phi) is 5.20. The molecule has 0 radical (unpaired) electrons. The van der Waals surface area contributed by atoms with Crippen LogP contribution in [0.1, 0.15) is 44.4 Å². The van der Waals surface area contributed by atoms with Gasteiger partial charge in [0.15, 0.2) is 0 Å². The largest absolute Gasteiger partial charge is 0.416 e. The van der Waals surface area contributed by atoms with Gasteiger partial charge in [-0.25, -0.2) is 0 Å². The van der Waals surface area contributed by atoms with Crippen LogP contribution < -0.4 is 5.32 Å². The van der Waals surface area contributed by atoms with Crippen molar-refractivity contribution in [1.82, 2.24) is 5.32 Å². The summed E-state index contributed by atoms with van der Waals surface area (Å²) in [5.74, 6) is 0.544. The first-order valence-corrected chi connectivity index (χ1v) is 6.22. The zero-order valence-corrected chi connectivity index (χ0v) is 11.0. The van der Waals surface area contributed by atoms with Gasteiger partial charge in [0.05, 0.1) is 5.56 Å². The number of hydrogen-bond donors (Lipinski definition) is 1. The molecule has 1 nitrogen and oxygen atoms in total. The van der Waals surface area contributed by atoms with Crippen molar-refractivity contribution in [2.45, 2.75) is 39.4 Å². The second kappa shape index (κ2) is 6.23. The molecule has 0 spiro atoms. The van der Waals surface area contributed by atoms with Crippen LogP contribution in [-0.2, 0) is 6.18 Å². The zero-order chi connectivity index (χ0) is 13.8. The van der Waals surface area contributed by atoms with E-state index >= 15 is 0 Å². The third-order valence-electron chi connectivity index (χ3n) is 2.90. The highest BCUT2D eigenvalue weighted by Crippen LogP contribution is 2.34. The van der Waals surface area contributed by atoms with E-state index in [4.69, 9.17) is 0 Å². The van der Waals surface area contributed by atoms with Gasteiger partial charge in [-0.2, -0.15) is 13.2 Å². The lowest BCUT2D eigenvalue weighted by atomic mass is 10.0. The molecule has 0 saturated heterocycles. The van der Waals surface area contributed by atoms with Crippen LogP contribution in [-0.4, -0.2) is 6.54 Å². The van der Waals surface area contributed by atoms with Gasteiger partial charge in [0.25, 0.3) is 0 Å². The number of hydrogen-bond acceptors (Lipinski definition) is 1. The predicted molar refractivity (Wildman–Crippen MR) is 67.3 cm³/mol. The number of halogens is 3. The van der Waals surface area contributed by atoms with E-state index in [1.165, 1.54) is 12.1 Å². The molecule has 0 saturated carbocycles. The Labute approximate surface area is 106 Å². The summed E-state index contributed by atoms with van der Waals surface area (Å²) in [6.07, 6.45) is -3.33. The minimum absolute atomic E-state index is 0.290. The van der Waals surface area contributed by atoms with E-state index in [1.54, 1.807) is 13.0 Å². The maximum absolute atomic E-state index is 12.8. The first kappa shape index (κ1) is 15.0. The standard InChI is InChI=1S/C14H20F3N/c1-10(2)8-9-18-11(3)12-6-4-5-7-13(12)14(15,16)17/h4-7,10-11,18H,8-9H2,1-3H3. The molecule has 4 heteroatoms. The first-order valence-electron chi connectivity index (χ1n) is 6.22. The van der Waals surface area contributed by atoms with Gasteiger partial charge in [-0.1, -0.05) is 32.0 Å². The van der Waals surface area contributed by atoms with Crippen molar-refractivity contribution in [3.63, 3.8) is 0 Å². The second-order valence-corrected chi connectivity index (χ2v) is 4.94. The van der Waals surface area contributed by atoms with Crippen molar-refractivity contribution >= 4 is 0 Å². The Balaban J connectivity index is 2.76. The number of benzene rings is 1. The van der Waals surface area contributed by atoms with Crippen LogP contribution >= 0.6 is 0 Å². The third-order valence-corrected chi connectivity index (χ3v) is 2.90.